The van der Waals surface area contributed by atoms with Gasteiger partial charge in [0.25, 0.3) is 5.91 Å². The summed E-state index contributed by atoms with van der Waals surface area (Å²) in [4.78, 5) is 27.8. The minimum absolute atomic E-state index is 0.0524. The highest BCUT2D eigenvalue weighted by molar-refractivity contribution is 6.30. The van der Waals surface area contributed by atoms with Crippen molar-refractivity contribution in [3.8, 4) is 0 Å². The van der Waals surface area contributed by atoms with Crippen LogP contribution in [0.25, 0.3) is 0 Å². The van der Waals surface area contributed by atoms with E-state index >= 15 is 0 Å². The molecule has 0 aliphatic carbocycles. The third-order valence-corrected chi connectivity index (χ3v) is 5.25. The fourth-order valence-corrected chi connectivity index (χ4v) is 3.54. The van der Waals surface area contributed by atoms with Gasteiger partial charge in [0, 0.05) is 35.3 Å². The zero-order chi connectivity index (χ0) is 18.7. The molecule has 1 heterocycles. The number of piperidine rings is 1. The lowest BCUT2D eigenvalue weighted by Gasteiger charge is -2.35. The van der Waals surface area contributed by atoms with Crippen LogP contribution in [0.5, 0.6) is 0 Å². The smallest absolute Gasteiger partial charge is 0.254 e. The molecular formula is C21H23ClN2O2. The molecule has 1 amide bonds. The van der Waals surface area contributed by atoms with E-state index in [0.717, 1.165) is 12.8 Å². The fraction of sp³-hybridized carbons (Fsp3) is 0.333. The van der Waals surface area contributed by atoms with E-state index in [-0.39, 0.29) is 17.7 Å². The number of carbonyl (C=O) groups excluding carboxylic acids is 2. The molecular weight excluding hydrogens is 348 g/mol. The van der Waals surface area contributed by atoms with Crippen molar-refractivity contribution in [1.29, 1.82) is 0 Å². The summed E-state index contributed by atoms with van der Waals surface area (Å²) < 4.78 is 0. The predicted octanol–water partition coefficient (Wildman–Crippen LogP) is 3.77. The Morgan fingerprint density at radius 1 is 1.12 bits per heavy atom. The number of rotatable bonds is 4. The third-order valence-electron chi connectivity index (χ3n) is 5.00. The summed E-state index contributed by atoms with van der Waals surface area (Å²) in [6.07, 6.45) is 1.97. The lowest BCUT2D eigenvalue weighted by Crippen LogP contribution is -2.45. The molecule has 0 bridgehead atoms. The first-order chi connectivity index (χ1) is 12.5. The van der Waals surface area contributed by atoms with E-state index in [9.17, 15) is 9.59 Å². The van der Waals surface area contributed by atoms with Crippen LogP contribution in [0.1, 0.15) is 46.0 Å². The Balaban J connectivity index is 1.88. The van der Waals surface area contributed by atoms with Gasteiger partial charge in [0.1, 0.15) is 0 Å². The van der Waals surface area contributed by atoms with Crippen LogP contribution in [-0.2, 0) is 0 Å². The zero-order valence-electron chi connectivity index (χ0n) is 14.8. The van der Waals surface area contributed by atoms with E-state index in [1.807, 2.05) is 11.8 Å². The fourth-order valence-electron chi connectivity index (χ4n) is 3.42. The molecule has 1 saturated heterocycles. The van der Waals surface area contributed by atoms with Crippen molar-refractivity contribution in [3.63, 3.8) is 0 Å². The Morgan fingerprint density at radius 3 is 2.42 bits per heavy atom. The monoisotopic (exact) mass is 370 g/mol. The van der Waals surface area contributed by atoms with Gasteiger partial charge in [-0.1, -0.05) is 29.8 Å². The number of hydrogen-bond acceptors (Lipinski definition) is 3. The number of nitrogens with two attached hydrogens (primary N) is 1. The van der Waals surface area contributed by atoms with Crippen LogP contribution in [0, 0.1) is 5.92 Å². The molecule has 0 unspecified atom stereocenters. The standard InChI is InChI=1S/C21H23ClN2O2/c1-14(23)16-5-4-12-24(13-16)21(26)19-7-3-2-6-18(19)20(25)15-8-10-17(22)11-9-15/h2-3,6-11,14,16H,4-5,12-13,23H2,1H3/t14-,16+/m0/s1. The van der Waals surface area contributed by atoms with Crippen LogP contribution in [0.4, 0.5) is 0 Å². The quantitative estimate of drug-likeness (QED) is 0.833. The minimum Gasteiger partial charge on any atom is -0.338 e. The maximum atomic E-state index is 13.1. The van der Waals surface area contributed by atoms with Crippen molar-refractivity contribution in [3.05, 3.63) is 70.2 Å². The number of hydrogen-bond donors (Lipinski definition) is 1. The van der Waals surface area contributed by atoms with Gasteiger partial charge in [-0.25, -0.2) is 0 Å². The number of carbonyl (C=O) groups is 2. The minimum atomic E-state index is -0.175. The first-order valence-electron chi connectivity index (χ1n) is 8.91. The molecule has 2 aromatic carbocycles. The average molecular weight is 371 g/mol. The Labute approximate surface area is 158 Å². The van der Waals surface area contributed by atoms with Crippen molar-refractivity contribution in [1.82, 2.24) is 4.90 Å². The van der Waals surface area contributed by atoms with Crippen molar-refractivity contribution in [2.24, 2.45) is 11.7 Å². The molecule has 136 valence electrons. The molecule has 0 spiro atoms. The summed E-state index contributed by atoms with van der Waals surface area (Å²) in [5.41, 5.74) is 7.41. The lowest BCUT2D eigenvalue weighted by atomic mass is 9.91. The maximum absolute atomic E-state index is 13.1. The third kappa shape index (κ3) is 3.97. The van der Waals surface area contributed by atoms with Gasteiger partial charge in [-0.15, -0.1) is 0 Å². The van der Waals surface area contributed by atoms with Gasteiger partial charge in [0.15, 0.2) is 5.78 Å². The van der Waals surface area contributed by atoms with Crippen molar-refractivity contribution >= 4 is 23.3 Å². The van der Waals surface area contributed by atoms with Gasteiger partial charge in [0.05, 0.1) is 5.56 Å². The lowest BCUT2D eigenvalue weighted by molar-refractivity contribution is 0.0657. The molecule has 0 radical (unpaired) electrons. The van der Waals surface area contributed by atoms with Crippen LogP contribution < -0.4 is 5.73 Å². The highest BCUT2D eigenvalue weighted by atomic mass is 35.5. The molecule has 2 aromatic rings. The zero-order valence-corrected chi connectivity index (χ0v) is 15.6. The first-order valence-corrected chi connectivity index (χ1v) is 9.29. The van der Waals surface area contributed by atoms with Crippen LogP contribution in [-0.4, -0.2) is 35.7 Å². The first kappa shape index (κ1) is 18.6. The molecule has 0 aromatic heterocycles. The molecule has 26 heavy (non-hydrogen) atoms. The molecule has 1 aliphatic heterocycles. The van der Waals surface area contributed by atoms with E-state index in [2.05, 4.69) is 0 Å². The van der Waals surface area contributed by atoms with Crippen molar-refractivity contribution < 1.29 is 9.59 Å². The molecule has 2 N–H and O–H groups in total. The Bertz CT molecular complexity index is 802. The highest BCUT2D eigenvalue weighted by Gasteiger charge is 2.28. The van der Waals surface area contributed by atoms with Gasteiger partial charge in [0.2, 0.25) is 0 Å². The van der Waals surface area contributed by atoms with Crippen molar-refractivity contribution in [2.45, 2.75) is 25.8 Å². The van der Waals surface area contributed by atoms with Gasteiger partial charge >= 0.3 is 0 Å². The molecule has 4 nitrogen and oxygen atoms in total. The summed E-state index contributed by atoms with van der Waals surface area (Å²) in [7, 11) is 0. The molecule has 2 atom stereocenters. The Kier molecular flexibility index (Phi) is 5.74. The van der Waals surface area contributed by atoms with E-state index in [1.165, 1.54) is 0 Å². The van der Waals surface area contributed by atoms with Crippen LogP contribution >= 0.6 is 11.6 Å². The van der Waals surface area contributed by atoms with E-state index in [0.29, 0.717) is 40.7 Å². The van der Waals surface area contributed by atoms with Gasteiger partial charge in [-0.05, 0) is 56.0 Å². The van der Waals surface area contributed by atoms with Crippen LogP contribution in [0.2, 0.25) is 5.02 Å². The predicted molar refractivity (Wildman–Crippen MR) is 104 cm³/mol. The van der Waals surface area contributed by atoms with Gasteiger partial charge in [-0.2, -0.15) is 0 Å². The summed E-state index contributed by atoms with van der Waals surface area (Å²) in [6.45, 7) is 3.32. The number of halogens is 1. The molecule has 0 saturated carbocycles. The summed E-state index contributed by atoms with van der Waals surface area (Å²) in [6, 6.07) is 13.8. The maximum Gasteiger partial charge on any atom is 0.254 e. The van der Waals surface area contributed by atoms with E-state index < -0.39 is 0 Å². The summed E-state index contributed by atoms with van der Waals surface area (Å²) in [5.74, 6) is 0.0199. The van der Waals surface area contributed by atoms with Crippen molar-refractivity contribution in [2.75, 3.05) is 13.1 Å². The topological polar surface area (TPSA) is 63.4 Å². The number of benzene rings is 2. The largest absolute Gasteiger partial charge is 0.338 e. The highest BCUT2D eigenvalue weighted by Crippen LogP contribution is 2.23. The number of likely N-dealkylation sites (tertiary alicyclic amines) is 1. The summed E-state index contributed by atoms with van der Waals surface area (Å²) >= 11 is 5.90. The molecule has 3 rings (SSSR count). The van der Waals surface area contributed by atoms with Gasteiger partial charge < -0.3 is 10.6 Å². The number of ketones is 1. The average Bonchev–Trinajstić information content (AvgIpc) is 2.67. The van der Waals surface area contributed by atoms with Crippen LogP contribution in [0.15, 0.2) is 48.5 Å². The normalized spacial score (nSPS) is 18.4. The van der Waals surface area contributed by atoms with Gasteiger partial charge in [-0.3, -0.25) is 9.59 Å². The summed E-state index contributed by atoms with van der Waals surface area (Å²) in [5, 5.41) is 0.571. The van der Waals surface area contributed by atoms with E-state index in [1.54, 1.807) is 48.5 Å². The SMILES string of the molecule is C[C@H](N)[C@@H]1CCCN(C(=O)c2ccccc2C(=O)c2ccc(Cl)cc2)C1. The van der Waals surface area contributed by atoms with E-state index in [4.69, 9.17) is 17.3 Å². The Hall–Kier alpha value is -2.17. The second-order valence-corrected chi connectivity index (χ2v) is 7.33. The number of amides is 1. The second kappa shape index (κ2) is 8.02. The number of nitrogens with zero attached hydrogens (tertiary/aromatic N) is 1. The second-order valence-electron chi connectivity index (χ2n) is 6.89. The molecule has 1 fully saturated rings. The Morgan fingerprint density at radius 2 is 1.77 bits per heavy atom. The molecule has 1 aliphatic rings. The van der Waals surface area contributed by atoms with Crippen LogP contribution in [0.3, 0.4) is 0 Å². The molecule has 5 heteroatoms.